The van der Waals surface area contributed by atoms with E-state index in [1.807, 2.05) is 0 Å². The molecule has 0 fully saturated rings. The highest BCUT2D eigenvalue weighted by atomic mass is 35.5. The van der Waals surface area contributed by atoms with Crippen molar-refractivity contribution in [3.63, 3.8) is 0 Å². The number of carbonyl (C=O) groups is 1. The molecule has 0 saturated carbocycles. The van der Waals surface area contributed by atoms with Crippen molar-refractivity contribution in [3.8, 4) is 5.75 Å². The van der Waals surface area contributed by atoms with Gasteiger partial charge in [0.15, 0.2) is 0 Å². The monoisotopic (exact) mass is 227 g/mol. The van der Waals surface area contributed by atoms with Crippen LogP contribution in [0.3, 0.4) is 0 Å². The highest BCUT2D eigenvalue weighted by Gasteiger charge is 2.20. The second-order valence-corrected chi connectivity index (χ2v) is 3.83. The Hall–Kier alpha value is -1.42. The third-order valence-electron chi connectivity index (χ3n) is 2.16. The summed E-state index contributed by atoms with van der Waals surface area (Å²) < 4.78 is 5.41. The zero-order valence-electron chi connectivity index (χ0n) is 7.87. The first-order chi connectivity index (χ1) is 7.15. The first-order valence-electron chi connectivity index (χ1n) is 4.56. The van der Waals surface area contributed by atoms with E-state index in [0.717, 1.165) is 5.69 Å². The van der Waals surface area contributed by atoms with Crippen molar-refractivity contribution >= 4 is 23.3 Å². The van der Waals surface area contributed by atoms with Gasteiger partial charge < -0.3 is 15.2 Å². The van der Waals surface area contributed by atoms with Gasteiger partial charge in [0.05, 0.1) is 18.2 Å². The fraction of sp³-hybridized carbons (Fsp3) is 0.300. The van der Waals surface area contributed by atoms with E-state index < -0.39 is 5.97 Å². The maximum atomic E-state index is 10.5. The molecule has 2 N–H and O–H groups in total. The van der Waals surface area contributed by atoms with Gasteiger partial charge in [0.25, 0.3) is 0 Å². The molecular formula is C10H10ClNO3. The molecule has 0 spiro atoms. The van der Waals surface area contributed by atoms with E-state index in [1.165, 1.54) is 0 Å². The Morgan fingerprint density at radius 1 is 1.67 bits per heavy atom. The molecule has 0 bridgehead atoms. The number of rotatable bonds is 2. The fourth-order valence-electron chi connectivity index (χ4n) is 1.51. The molecule has 0 amide bonds. The lowest BCUT2D eigenvalue weighted by Crippen LogP contribution is -2.33. The van der Waals surface area contributed by atoms with E-state index in [9.17, 15) is 4.79 Å². The zero-order valence-corrected chi connectivity index (χ0v) is 8.62. The second kappa shape index (κ2) is 3.98. The largest absolute Gasteiger partial charge is 0.489 e. The standard InChI is InChI=1S/C10H10ClNO3/c11-6-1-2-8-9(3-6)15-5-7(12-8)4-10(13)14/h1-3,7,12H,4-5H2,(H,13,14). The average Bonchev–Trinajstić information content (AvgIpc) is 2.17. The number of nitrogens with one attached hydrogen (secondary N) is 1. The van der Waals surface area contributed by atoms with Crippen molar-refractivity contribution in [2.24, 2.45) is 0 Å². The van der Waals surface area contributed by atoms with Gasteiger partial charge in [-0.2, -0.15) is 0 Å². The van der Waals surface area contributed by atoms with Gasteiger partial charge in [-0.05, 0) is 12.1 Å². The van der Waals surface area contributed by atoms with E-state index in [-0.39, 0.29) is 12.5 Å². The third kappa shape index (κ3) is 2.33. The topological polar surface area (TPSA) is 58.6 Å². The number of aliphatic carboxylic acids is 1. The van der Waals surface area contributed by atoms with Gasteiger partial charge >= 0.3 is 5.97 Å². The van der Waals surface area contributed by atoms with Crippen LogP contribution in [-0.2, 0) is 4.79 Å². The van der Waals surface area contributed by atoms with Crippen molar-refractivity contribution in [2.75, 3.05) is 11.9 Å². The molecule has 1 unspecified atom stereocenters. The summed E-state index contributed by atoms with van der Waals surface area (Å²) in [4.78, 5) is 10.5. The van der Waals surface area contributed by atoms with Gasteiger partial charge in [-0.15, -0.1) is 0 Å². The molecule has 4 nitrogen and oxygen atoms in total. The van der Waals surface area contributed by atoms with Crippen molar-refractivity contribution < 1.29 is 14.6 Å². The maximum absolute atomic E-state index is 10.5. The zero-order chi connectivity index (χ0) is 10.8. The summed E-state index contributed by atoms with van der Waals surface area (Å²) in [7, 11) is 0. The van der Waals surface area contributed by atoms with Gasteiger partial charge in [-0.1, -0.05) is 11.6 Å². The van der Waals surface area contributed by atoms with E-state index in [1.54, 1.807) is 18.2 Å². The summed E-state index contributed by atoms with van der Waals surface area (Å²) in [5, 5.41) is 12.3. The van der Waals surface area contributed by atoms with Crippen LogP contribution in [0, 0.1) is 0 Å². The molecule has 15 heavy (non-hydrogen) atoms. The van der Waals surface area contributed by atoms with Crippen molar-refractivity contribution in [1.29, 1.82) is 0 Å². The summed E-state index contributed by atoms with van der Waals surface area (Å²) in [5.41, 5.74) is 0.789. The molecule has 1 atom stereocenters. The van der Waals surface area contributed by atoms with Crippen molar-refractivity contribution in [3.05, 3.63) is 23.2 Å². The summed E-state index contributed by atoms with van der Waals surface area (Å²) in [5.74, 6) is -0.169. The minimum atomic E-state index is -0.839. The number of hydrogen-bond donors (Lipinski definition) is 2. The van der Waals surface area contributed by atoms with Crippen LogP contribution in [0.2, 0.25) is 5.02 Å². The molecule has 80 valence electrons. The Morgan fingerprint density at radius 3 is 3.20 bits per heavy atom. The molecule has 1 aliphatic rings. The van der Waals surface area contributed by atoms with Gasteiger partial charge in [0.1, 0.15) is 12.4 Å². The van der Waals surface area contributed by atoms with Crippen LogP contribution in [0.25, 0.3) is 0 Å². The molecule has 2 rings (SSSR count). The average molecular weight is 228 g/mol. The minimum Gasteiger partial charge on any atom is -0.489 e. The van der Waals surface area contributed by atoms with Crippen LogP contribution in [-0.4, -0.2) is 23.7 Å². The van der Waals surface area contributed by atoms with Crippen LogP contribution in [0.4, 0.5) is 5.69 Å². The van der Waals surface area contributed by atoms with Gasteiger partial charge in [0.2, 0.25) is 0 Å². The molecule has 1 aromatic rings. The van der Waals surface area contributed by atoms with E-state index in [2.05, 4.69) is 5.32 Å². The number of benzene rings is 1. The summed E-state index contributed by atoms with van der Waals surface area (Å²) in [6, 6.07) is 5.04. The molecule has 1 aromatic carbocycles. The summed E-state index contributed by atoms with van der Waals surface area (Å²) in [6.45, 7) is 0.347. The normalized spacial score (nSPS) is 18.6. The van der Waals surface area contributed by atoms with Crippen LogP contribution >= 0.6 is 11.6 Å². The highest BCUT2D eigenvalue weighted by Crippen LogP contribution is 2.31. The minimum absolute atomic E-state index is 0.0437. The lowest BCUT2D eigenvalue weighted by atomic mass is 10.1. The molecule has 1 aliphatic heterocycles. The SMILES string of the molecule is O=C(O)CC1COc2cc(Cl)ccc2N1. The molecule has 0 aliphatic carbocycles. The Kier molecular flexibility index (Phi) is 2.68. The number of carboxylic acids is 1. The Balaban J connectivity index is 2.13. The first-order valence-corrected chi connectivity index (χ1v) is 4.93. The predicted molar refractivity (Wildman–Crippen MR) is 56.6 cm³/mol. The quantitative estimate of drug-likeness (QED) is 0.811. The molecule has 0 saturated heterocycles. The lowest BCUT2D eigenvalue weighted by molar-refractivity contribution is -0.137. The Bertz CT molecular complexity index is 394. The maximum Gasteiger partial charge on any atom is 0.305 e. The molecule has 0 aromatic heterocycles. The third-order valence-corrected chi connectivity index (χ3v) is 2.40. The summed E-state index contributed by atoms with van der Waals surface area (Å²) in [6.07, 6.45) is 0.0437. The molecular weight excluding hydrogens is 218 g/mol. The number of hydrogen-bond acceptors (Lipinski definition) is 3. The van der Waals surface area contributed by atoms with Crippen LogP contribution in [0.1, 0.15) is 6.42 Å². The molecule has 5 heteroatoms. The number of halogens is 1. The van der Waals surface area contributed by atoms with Crippen molar-refractivity contribution in [1.82, 2.24) is 0 Å². The number of anilines is 1. The Morgan fingerprint density at radius 2 is 2.47 bits per heavy atom. The molecule has 1 heterocycles. The van der Waals surface area contributed by atoms with Crippen molar-refractivity contribution in [2.45, 2.75) is 12.5 Å². The van der Waals surface area contributed by atoms with Crippen LogP contribution in [0.15, 0.2) is 18.2 Å². The number of fused-ring (bicyclic) bond motifs is 1. The lowest BCUT2D eigenvalue weighted by Gasteiger charge is -2.26. The first kappa shape index (κ1) is 10.1. The van der Waals surface area contributed by atoms with Crippen LogP contribution < -0.4 is 10.1 Å². The number of ether oxygens (including phenoxy) is 1. The smallest absolute Gasteiger partial charge is 0.305 e. The van der Waals surface area contributed by atoms with Crippen LogP contribution in [0.5, 0.6) is 5.75 Å². The van der Waals surface area contributed by atoms with E-state index in [0.29, 0.717) is 17.4 Å². The summed E-state index contributed by atoms with van der Waals surface area (Å²) >= 11 is 5.80. The molecule has 0 radical (unpaired) electrons. The highest BCUT2D eigenvalue weighted by molar-refractivity contribution is 6.30. The van der Waals surface area contributed by atoms with Gasteiger partial charge in [0, 0.05) is 11.1 Å². The van der Waals surface area contributed by atoms with Gasteiger partial charge in [-0.3, -0.25) is 4.79 Å². The second-order valence-electron chi connectivity index (χ2n) is 3.39. The van der Waals surface area contributed by atoms with E-state index in [4.69, 9.17) is 21.4 Å². The fourth-order valence-corrected chi connectivity index (χ4v) is 1.67. The Labute approximate surface area is 91.8 Å². The van der Waals surface area contributed by atoms with E-state index >= 15 is 0 Å². The van der Waals surface area contributed by atoms with Gasteiger partial charge in [-0.25, -0.2) is 0 Å². The number of carboxylic acid groups (broad SMARTS) is 1. The predicted octanol–water partition coefficient (Wildman–Crippen LogP) is 1.99.